The summed E-state index contributed by atoms with van der Waals surface area (Å²) in [5, 5.41) is 4.06. The molecule has 3 heterocycles. The van der Waals surface area contributed by atoms with Crippen molar-refractivity contribution in [3.05, 3.63) is 65.2 Å². The molecule has 0 radical (unpaired) electrons. The summed E-state index contributed by atoms with van der Waals surface area (Å²) in [5.41, 5.74) is 0.866. The number of ether oxygens (including phenoxy) is 1. The molecule has 1 fully saturated rings. The fourth-order valence-corrected chi connectivity index (χ4v) is 6.62. The number of fused-ring (bicyclic) bond motifs is 1. The normalized spacial score (nSPS) is 17.5. The van der Waals surface area contributed by atoms with Crippen LogP contribution in [0.2, 0.25) is 0 Å². The maximum atomic E-state index is 13.7. The number of pyridine rings is 2. The summed E-state index contributed by atoms with van der Waals surface area (Å²) >= 11 is 0. The first-order chi connectivity index (χ1) is 21.2. The Morgan fingerprint density at radius 3 is 2.36 bits per heavy atom. The Kier molecular flexibility index (Phi) is 9.03. The van der Waals surface area contributed by atoms with E-state index in [1.807, 2.05) is 13.8 Å². The highest BCUT2D eigenvalue weighted by Gasteiger charge is 2.34. The Balaban J connectivity index is 1.40. The molecule has 11 nitrogen and oxygen atoms in total. The molecule has 1 aliphatic rings. The molecule has 15 heteroatoms. The van der Waals surface area contributed by atoms with Crippen molar-refractivity contribution in [2.45, 2.75) is 68.9 Å². The largest absolute Gasteiger partial charge is 0.573 e. The average Bonchev–Trinajstić information content (AvgIpc) is 2.96. The van der Waals surface area contributed by atoms with E-state index in [-0.39, 0.29) is 23.5 Å². The van der Waals surface area contributed by atoms with Gasteiger partial charge in [0.05, 0.1) is 0 Å². The standard InChI is InChI=1S/C30H34F3N7O4S/c1-18(2)40-27-20(17-35-29(37-27)36-21-10-12-22(13-11-21)39(3)4)15-23(28(40)41)19-9-14-26(34-16-19)38-45(42,43)25-8-6-5-7-24(25)44-30(31,32)33/h5-9,14-18,21-22H,10-13H2,1-4H3,(H,34,38)(H,35,36,37). The number of sulfonamides is 1. The summed E-state index contributed by atoms with van der Waals surface area (Å²) in [6.07, 6.45) is 2.03. The molecule has 0 aliphatic heterocycles. The quantitative estimate of drug-likeness (QED) is 0.245. The summed E-state index contributed by atoms with van der Waals surface area (Å²) in [6.45, 7) is 3.75. The van der Waals surface area contributed by atoms with Crippen LogP contribution in [0.4, 0.5) is 24.9 Å². The number of nitrogens with one attached hydrogen (secondary N) is 2. The van der Waals surface area contributed by atoms with Crippen molar-refractivity contribution in [2.24, 2.45) is 0 Å². The highest BCUT2D eigenvalue weighted by molar-refractivity contribution is 7.92. The van der Waals surface area contributed by atoms with Crippen molar-refractivity contribution in [3.63, 3.8) is 0 Å². The number of halogens is 3. The summed E-state index contributed by atoms with van der Waals surface area (Å²) in [7, 11) is -0.309. The Labute approximate surface area is 258 Å². The molecule has 4 aromatic rings. The van der Waals surface area contributed by atoms with Crippen LogP contribution in [0.15, 0.2) is 64.5 Å². The Morgan fingerprint density at radius 2 is 1.73 bits per heavy atom. The molecule has 1 saturated carbocycles. The predicted molar refractivity (Wildman–Crippen MR) is 165 cm³/mol. The molecule has 1 aliphatic carbocycles. The van der Waals surface area contributed by atoms with Crippen LogP contribution in [0.25, 0.3) is 22.2 Å². The number of benzene rings is 1. The van der Waals surface area contributed by atoms with Gasteiger partial charge in [-0.1, -0.05) is 12.1 Å². The van der Waals surface area contributed by atoms with Gasteiger partial charge in [0.1, 0.15) is 22.1 Å². The van der Waals surface area contributed by atoms with Gasteiger partial charge < -0.3 is 15.0 Å². The lowest BCUT2D eigenvalue weighted by molar-refractivity contribution is -0.275. The van der Waals surface area contributed by atoms with Crippen LogP contribution in [-0.2, 0) is 10.0 Å². The molecule has 240 valence electrons. The summed E-state index contributed by atoms with van der Waals surface area (Å²) in [4.78, 5) is 28.6. The number of aromatic nitrogens is 4. The first-order valence-corrected chi connectivity index (χ1v) is 15.9. The molecule has 0 spiro atoms. The molecule has 2 N–H and O–H groups in total. The van der Waals surface area contributed by atoms with Crippen LogP contribution in [0, 0.1) is 0 Å². The zero-order valence-electron chi connectivity index (χ0n) is 25.2. The predicted octanol–water partition coefficient (Wildman–Crippen LogP) is 5.42. The number of rotatable bonds is 9. The van der Waals surface area contributed by atoms with Crippen molar-refractivity contribution >= 4 is 32.8 Å². The molecular weight excluding hydrogens is 611 g/mol. The van der Waals surface area contributed by atoms with Crippen LogP contribution >= 0.6 is 0 Å². The molecule has 0 saturated heterocycles. The Bertz CT molecular complexity index is 1840. The second-order valence-electron chi connectivity index (χ2n) is 11.4. The average molecular weight is 646 g/mol. The molecule has 0 unspecified atom stereocenters. The van der Waals surface area contributed by atoms with Crippen LogP contribution in [0.5, 0.6) is 5.75 Å². The zero-order valence-corrected chi connectivity index (χ0v) is 26.0. The Morgan fingerprint density at radius 1 is 1.02 bits per heavy atom. The van der Waals surface area contributed by atoms with E-state index in [1.54, 1.807) is 16.8 Å². The van der Waals surface area contributed by atoms with Crippen molar-refractivity contribution in [3.8, 4) is 16.9 Å². The van der Waals surface area contributed by atoms with Crippen LogP contribution in [0.3, 0.4) is 0 Å². The first-order valence-electron chi connectivity index (χ1n) is 14.4. The molecule has 0 atom stereocenters. The van der Waals surface area contributed by atoms with Crippen LogP contribution in [0.1, 0.15) is 45.6 Å². The molecule has 45 heavy (non-hydrogen) atoms. The van der Waals surface area contributed by atoms with Gasteiger partial charge in [-0.2, -0.15) is 4.98 Å². The van der Waals surface area contributed by atoms with E-state index in [0.29, 0.717) is 34.2 Å². The van der Waals surface area contributed by atoms with Crippen molar-refractivity contribution in [1.29, 1.82) is 0 Å². The maximum absolute atomic E-state index is 13.7. The van der Waals surface area contributed by atoms with Gasteiger partial charge >= 0.3 is 6.36 Å². The lowest BCUT2D eigenvalue weighted by Crippen LogP contribution is -2.36. The summed E-state index contributed by atoms with van der Waals surface area (Å²) in [6, 6.07) is 9.41. The minimum absolute atomic E-state index is 0.163. The third-order valence-electron chi connectivity index (χ3n) is 7.73. The van der Waals surface area contributed by atoms with Gasteiger partial charge in [-0.3, -0.25) is 14.1 Å². The fourth-order valence-electron chi connectivity index (χ4n) is 5.48. The van der Waals surface area contributed by atoms with Gasteiger partial charge in [-0.15, -0.1) is 13.2 Å². The van der Waals surface area contributed by atoms with Gasteiger partial charge in [0.25, 0.3) is 15.6 Å². The minimum atomic E-state index is -5.08. The summed E-state index contributed by atoms with van der Waals surface area (Å²) < 4.78 is 71.9. The van der Waals surface area contributed by atoms with Crippen molar-refractivity contribution in [2.75, 3.05) is 24.1 Å². The van der Waals surface area contributed by atoms with Crippen molar-refractivity contribution < 1.29 is 26.3 Å². The number of para-hydroxylation sites is 1. The number of hydrogen-bond acceptors (Lipinski definition) is 9. The smallest absolute Gasteiger partial charge is 0.404 e. The van der Waals surface area contributed by atoms with Crippen LogP contribution < -0.4 is 20.3 Å². The molecule has 0 amide bonds. The number of anilines is 2. The second-order valence-corrected chi connectivity index (χ2v) is 13.1. The SMILES string of the molecule is CC(C)n1c(=O)c(-c2ccc(NS(=O)(=O)c3ccccc3OC(F)(F)F)nc2)cc2cnc(NC3CCC(N(C)C)CC3)nc21. The van der Waals surface area contributed by atoms with Crippen molar-refractivity contribution in [1.82, 2.24) is 24.4 Å². The lowest BCUT2D eigenvalue weighted by atomic mass is 9.91. The number of hydrogen-bond donors (Lipinski definition) is 2. The first kappa shape index (κ1) is 32.2. The second kappa shape index (κ2) is 12.6. The van der Waals surface area contributed by atoms with E-state index in [1.165, 1.54) is 30.5 Å². The third kappa shape index (κ3) is 7.36. The van der Waals surface area contributed by atoms with Gasteiger partial charge in [-0.05, 0) is 84.0 Å². The van der Waals surface area contributed by atoms with Gasteiger partial charge in [0.15, 0.2) is 0 Å². The number of nitrogens with zero attached hydrogens (tertiary/aromatic N) is 5. The monoisotopic (exact) mass is 645 g/mol. The molecule has 1 aromatic carbocycles. The van der Waals surface area contributed by atoms with E-state index in [4.69, 9.17) is 4.98 Å². The van der Waals surface area contributed by atoms with E-state index >= 15 is 0 Å². The Hall–Kier alpha value is -4.24. The molecule has 5 rings (SSSR count). The van der Waals surface area contributed by atoms with E-state index in [0.717, 1.165) is 37.8 Å². The number of alkyl halides is 3. The zero-order chi connectivity index (χ0) is 32.5. The lowest BCUT2D eigenvalue weighted by Gasteiger charge is -2.33. The third-order valence-corrected chi connectivity index (χ3v) is 9.12. The highest BCUT2D eigenvalue weighted by atomic mass is 32.2. The molecule has 3 aromatic heterocycles. The maximum Gasteiger partial charge on any atom is 0.573 e. The van der Waals surface area contributed by atoms with Crippen LogP contribution in [-0.4, -0.2) is 65.4 Å². The molecular formula is C30H34F3N7O4S. The fraction of sp³-hybridized carbons (Fsp3) is 0.400. The van der Waals surface area contributed by atoms with Gasteiger partial charge in [0.2, 0.25) is 5.95 Å². The topological polar surface area (TPSA) is 131 Å². The van der Waals surface area contributed by atoms with E-state index in [9.17, 15) is 26.4 Å². The van der Waals surface area contributed by atoms with Gasteiger partial charge in [-0.25, -0.2) is 18.4 Å². The minimum Gasteiger partial charge on any atom is -0.404 e. The van der Waals surface area contributed by atoms with E-state index in [2.05, 4.69) is 43.7 Å². The van der Waals surface area contributed by atoms with E-state index < -0.39 is 27.0 Å². The molecule has 0 bridgehead atoms. The highest BCUT2D eigenvalue weighted by Crippen LogP contribution is 2.31. The van der Waals surface area contributed by atoms with Gasteiger partial charge in [0, 0.05) is 47.0 Å². The summed E-state index contributed by atoms with van der Waals surface area (Å²) in [5.74, 6) is -0.584.